The summed E-state index contributed by atoms with van der Waals surface area (Å²) in [5, 5.41) is 13.4. The number of hydrogen-bond donors (Lipinski definition) is 1. The number of aromatic nitrogens is 3. The van der Waals surface area contributed by atoms with Crippen molar-refractivity contribution in [2.45, 2.75) is 45.1 Å². The van der Waals surface area contributed by atoms with E-state index in [1.807, 2.05) is 12.1 Å². The number of anilines is 1. The molecule has 2 aromatic rings. The maximum Gasteiger partial charge on any atom is 0.229 e. The Bertz CT molecular complexity index is 626. The van der Waals surface area contributed by atoms with Gasteiger partial charge in [0, 0.05) is 36.8 Å². The van der Waals surface area contributed by atoms with Crippen molar-refractivity contribution in [2.24, 2.45) is 0 Å². The van der Waals surface area contributed by atoms with E-state index < -0.39 is 0 Å². The van der Waals surface area contributed by atoms with Gasteiger partial charge < -0.3 is 14.5 Å². The van der Waals surface area contributed by atoms with Crippen LogP contribution in [0, 0.1) is 0 Å². The van der Waals surface area contributed by atoms with E-state index in [1.165, 1.54) is 0 Å². The molecule has 1 aliphatic rings. The first-order valence-corrected chi connectivity index (χ1v) is 7.81. The lowest BCUT2D eigenvalue weighted by Gasteiger charge is -2.33. The smallest absolute Gasteiger partial charge is 0.229 e. The molecule has 0 aliphatic carbocycles. The molecule has 2 aromatic heterocycles. The minimum atomic E-state index is -0.0340. The van der Waals surface area contributed by atoms with Crippen LogP contribution in [0.1, 0.15) is 55.9 Å². The Morgan fingerprint density at radius 3 is 3.05 bits per heavy atom. The highest BCUT2D eigenvalue weighted by Crippen LogP contribution is 2.29. The Morgan fingerprint density at radius 2 is 2.32 bits per heavy atom. The van der Waals surface area contributed by atoms with Crippen molar-refractivity contribution in [2.75, 3.05) is 18.0 Å². The first-order chi connectivity index (χ1) is 10.7. The molecule has 1 atom stereocenters. The molecule has 0 amide bonds. The highest BCUT2D eigenvalue weighted by atomic mass is 16.5. The normalized spacial score (nSPS) is 18.9. The molecular formula is C16H22N4O2. The van der Waals surface area contributed by atoms with E-state index in [2.05, 4.69) is 33.9 Å². The molecule has 1 aliphatic heterocycles. The molecule has 0 radical (unpaired) electrons. The van der Waals surface area contributed by atoms with E-state index in [0.29, 0.717) is 11.6 Å². The van der Waals surface area contributed by atoms with E-state index >= 15 is 0 Å². The zero-order valence-corrected chi connectivity index (χ0v) is 13.1. The zero-order chi connectivity index (χ0) is 15.5. The third kappa shape index (κ3) is 3.11. The van der Waals surface area contributed by atoms with Gasteiger partial charge in [-0.25, -0.2) is 0 Å². The number of piperidine rings is 1. The third-order valence-electron chi connectivity index (χ3n) is 4.07. The number of rotatable bonds is 4. The van der Waals surface area contributed by atoms with Crippen LogP contribution in [0.15, 0.2) is 22.9 Å². The van der Waals surface area contributed by atoms with Crippen molar-refractivity contribution in [1.29, 1.82) is 0 Å². The molecule has 0 saturated carbocycles. The number of pyridine rings is 1. The van der Waals surface area contributed by atoms with Gasteiger partial charge in [-0.2, -0.15) is 4.98 Å². The summed E-state index contributed by atoms with van der Waals surface area (Å²) in [6.45, 7) is 5.94. The van der Waals surface area contributed by atoms with Crippen LogP contribution >= 0.6 is 0 Å². The maximum atomic E-state index is 9.23. The second-order valence-corrected chi connectivity index (χ2v) is 6.09. The standard InChI is InChI=1S/C16H22N4O2/c1-11(2)16-18-15(19-22-16)12-4-3-7-20(9-12)14-5-6-17-13(8-14)10-21/h5-6,8,11-12,21H,3-4,7,9-10H2,1-2H3. The van der Waals surface area contributed by atoms with Crippen LogP contribution in [0.3, 0.4) is 0 Å². The van der Waals surface area contributed by atoms with Crippen LogP contribution in [-0.4, -0.2) is 33.3 Å². The Hall–Kier alpha value is -1.95. The van der Waals surface area contributed by atoms with Gasteiger partial charge in [-0.15, -0.1) is 0 Å². The van der Waals surface area contributed by atoms with Gasteiger partial charge in [-0.1, -0.05) is 19.0 Å². The molecular weight excluding hydrogens is 280 g/mol. The van der Waals surface area contributed by atoms with E-state index in [-0.39, 0.29) is 18.4 Å². The van der Waals surface area contributed by atoms with Crippen LogP contribution in [0.5, 0.6) is 0 Å². The molecule has 3 heterocycles. The SMILES string of the molecule is CC(C)c1nc(C2CCCN(c3ccnc(CO)c3)C2)no1. The summed E-state index contributed by atoms with van der Waals surface area (Å²) in [5.41, 5.74) is 1.79. The van der Waals surface area contributed by atoms with Gasteiger partial charge in [0.05, 0.1) is 12.3 Å². The average molecular weight is 302 g/mol. The molecule has 118 valence electrons. The van der Waals surface area contributed by atoms with Crippen molar-refractivity contribution < 1.29 is 9.63 Å². The Balaban J connectivity index is 1.75. The number of nitrogens with zero attached hydrogens (tertiary/aromatic N) is 4. The van der Waals surface area contributed by atoms with Gasteiger partial charge >= 0.3 is 0 Å². The second-order valence-electron chi connectivity index (χ2n) is 6.09. The second kappa shape index (κ2) is 6.44. The predicted octanol–water partition coefficient (Wildman–Crippen LogP) is 2.46. The molecule has 1 saturated heterocycles. The summed E-state index contributed by atoms with van der Waals surface area (Å²) >= 11 is 0. The quantitative estimate of drug-likeness (QED) is 0.935. The van der Waals surface area contributed by atoms with E-state index in [0.717, 1.165) is 37.4 Å². The molecule has 1 N–H and O–H groups in total. The van der Waals surface area contributed by atoms with Crippen LogP contribution in [0.25, 0.3) is 0 Å². The van der Waals surface area contributed by atoms with Crippen molar-refractivity contribution in [3.05, 3.63) is 35.7 Å². The van der Waals surface area contributed by atoms with Gasteiger partial charge in [-0.3, -0.25) is 4.98 Å². The minimum absolute atomic E-state index is 0.0340. The van der Waals surface area contributed by atoms with Gasteiger partial charge in [-0.05, 0) is 25.0 Å². The summed E-state index contributed by atoms with van der Waals surface area (Å²) < 4.78 is 5.33. The Labute approximate surface area is 130 Å². The lowest BCUT2D eigenvalue weighted by Crippen LogP contribution is -2.34. The summed E-state index contributed by atoms with van der Waals surface area (Å²) in [7, 11) is 0. The zero-order valence-electron chi connectivity index (χ0n) is 13.1. The van der Waals surface area contributed by atoms with E-state index in [9.17, 15) is 5.11 Å². The molecule has 0 spiro atoms. The molecule has 0 bridgehead atoms. The minimum Gasteiger partial charge on any atom is -0.390 e. The van der Waals surface area contributed by atoms with Gasteiger partial charge in [0.1, 0.15) is 0 Å². The van der Waals surface area contributed by atoms with Crippen molar-refractivity contribution in [1.82, 2.24) is 15.1 Å². The Morgan fingerprint density at radius 1 is 1.45 bits per heavy atom. The van der Waals surface area contributed by atoms with Crippen molar-refractivity contribution >= 4 is 5.69 Å². The molecule has 6 heteroatoms. The fourth-order valence-electron chi connectivity index (χ4n) is 2.82. The lowest BCUT2D eigenvalue weighted by molar-refractivity contribution is 0.277. The highest BCUT2D eigenvalue weighted by Gasteiger charge is 2.26. The topological polar surface area (TPSA) is 75.3 Å². The third-order valence-corrected chi connectivity index (χ3v) is 4.07. The number of hydrogen-bond acceptors (Lipinski definition) is 6. The summed E-state index contributed by atoms with van der Waals surface area (Å²) in [6, 6.07) is 3.93. The summed E-state index contributed by atoms with van der Waals surface area (Å²) in [4.78, 5) is 11.0. The lowest BCUT2D eigenvalue weighted by atomic mass is 9.97. The fourth-order valence-corrected chi connectivity index (χ4v) is 2.82. The van der Waals surface area contributed by atoms with Crippen LogP contribution < -0.4 is 4.90 Å². The Kier molecular flexibility index (Phi) is 4.38. The first kappa shape index (κ1) is 15.0. The average Bonchev–Trinajstić information content (AvgIpc) is 3.05. The number of aliphatic hydroxyl groups excluding tert-OH is 1. The predicted molar refractivity (Wildman–Crippen MR) is 82.7 cm³/mol. The first-order valence-electron chi connectivity index (χ1n) is 7.81. The molecule has 0 aromatic carbocycles. The highest BCUT2D eigenvalue weighted by molar-refractivity contribution is 5.47. The molecule has 1 unspecified atom stereocenters. The van der Waals surface area contributed by atoms with Crippen LogP contribution in [-0.2, 0) is 6.61 Å². The van der Waals surface area contributed by atoms with Gasteiger partial charge in [0.2, 0.25) is 5.89 Å². The largest absolute Gasteiger partial charge is 0.390 e. The summed E-state index contributed by atoms with van der Waals surface area (Å²) in [5.74, 6) is 2.06. The molecule has 22 heavy (non-hydrogen) atoms. The summed E-state index contributed by atoms with van der Waals surface area (Å²) in [6.07, 6.45) is 3.91. The molecule has 1 fully saturated rings. The molecule has 3 rings (SSSR count). The monoisotopic (exact) mass is 302 g/mol. The van der Waals surface area contributed by atoms with Gasteiger partial charge in [0.15, 0.2) is 5.82 Å². The van der Waals surface area contributed by atoms with Gasteiger partial charge in [0.25, 0.3) is 0 Å². The fraction of sp³-hybridized carbons (Fsp3) is 0.562. The molecule has 6 nitrogen and oxygen atoms in total. The van der Waals surface area contributed by atoms with Crippen molar-refractivity contribution in [3.8, 4) is 0 Å². The maximum absolute atomic E-state index is 9.23. The van der Waals surface area contributed by atoms with Crippen molar-refractivity contribution in [3.63, 3.8) is 0 Å². The van der Waals surface area contributed by atoms with E-state index in [4.69, 9.17) is 4.52 Å². The van der Waals surface area contributed by atoms with Crippen LogP contribution in [0.2, 0.25) is 0 Å². The number of aliphatic hydroxyl groups is 1. The van der Waals surface area contributed by atoms with E-state index in [1.54, 1.807) is 6.20 Å². The van der Waals surface area contributed by atoms with Crippen LogP contribution in [0.4, 0.5) is 5.69 Å².